The van der Waals surface area contributed by atoms with Crippen LogP contribution in [0.4, 0.5) is 18.3 Å². The molecule has 1 aliphatic rings. The Bertz CT molecular complexity index is 369. The Labute approximate surface area is 95.1 Å². The van der Waals surface area contributed by atoms with Gasteiger partial charge in [0.1, 0.15) is 0 Å². The van der Waals surface area contributed by atoms with E-state index < -0.39 is 11.9 Å². The number of hydrogen-bond donors (Lipinski definition) is 1. The third-order valence-electron chi connectivity index (χ3n) is 2.52. The molecule has 0 amide bonds. The number of nitrogens with zero attached hydrogens (tertiary/aromatic N) is 2. The van der Waals surface area contributed by atoms with Gasteiger partial charge in [-0.05, 0) is 12.8 Å². The molecule has 2 N–H and O–H groups in total. The molecule has 2 rings (SSSR count). The highest BCUT2D eigenvalue weighted by molar-refractivity contribution is 7.15. The maximum absolute atomic E-state index is 12.6. The average molecular weight is 251 g/mol. The van der Waals surface area contributed by atoms with E-state index in [0.717, 1.165) is 37.3 Å². The Kier molecular flexibility index (Phi) is 3.07. The average Bonchev–Trinajstić information content (AvgIpc) is 2.85. The molecule has 0 unspecified atom stereocenters. The zero-order valence-corrected chi connectivity index (χ0v) is 9.37. The van der Waals surface area contributed by atoms with Crippen LogP contribution >= 0.6 is 11.3 Å². The van der Waals surface area contributed by atoms with E-state index in [0.29, 0.717) is 5.13 Å². The summed E-state index contributed by atoms with van der Waals surface area (Å²) in [7, 11) is 0. The predicted octanol–water partition coefficient (Wildman–Crippen LogP) is 2.22. The zero-order valence-electron chi connectivity index (χ0n) is 8.55. The van der Waals surface area contributed by atoms with Gasteiger partial charge in [-0.25, -0.2) is 4.98 Å². The van der Waals surface area contributed by atoms with Crippen LogP contribution in [0.25, 0.3) is 0 Å². The molecule has 0 aromatic carbocycles. The van der Waals surface area contributed by atoms with Crippen LogP contribution in [0.1, 0.15) is 23.4 Å². The van der Waals surface area contributed by atoms with Gasteiger partial charge in [0.25, 0.3) is 0 Å². The van der Waals surface area contributed by atoms with Gasteiger partial charge in [0.2, 0.25) is 0 Å². The van der Waals surface area contributed by atoms with Gasteiger partial charge in [0.05, 0.1) is 4.88 Å². The van der Waals surface area contributed by atoms with E-state index >= 15 is 0 Å². The second kappa shape index (κ2) is 4.21. The van der Waals surface area contributed by atoms with Crippen LogP contribution in [0.2, 0.25) is 0 Å². The van der Waals surface area contributed by atoms with Crippen molar-refractivity contribution in [3.63, 3.8) is 0 Å². The first-order valence-corrected chi connectivity index (χ1v) is 5.86. The molecule has 1 aromatic rings. The molecule has 16 heavy (non-hydrogen) atoms. The Morgan fingerprint density at radius 2 is 1.94 bits per heavy atom. The fourth-order valence-corrected chi connectivity index (χ4v) is 2.75. The summed E-state index contributed by atoms with van der Waals surface area (Å²) in [6.45, 7) is 1.46. The molecule has 7 heteroatoms. The van der Waals surface area contributed by atoms with Crippen molar-refractivity contribution >= 4 is 16.5 Å². The third kappa shape index (κ3) is 2.15. The Balaban J connectivity index is 2.31. The van der Waals surface area contributed by atoms with Crippen molar-refractivity contribution in [2.75, 3.05) is 18.0 Å². The first-order valence-electron chi connectivity index (χ1n) is 5.04. The van der Waals surface area contributed by atoms with E-state index in [-0.39, 0.29) is 11.4 Å². The van der Waals surface area contributed by atoms with Crippen LogP contribution in [-0.4, -0.2) is 18.1 Å². The summed E-state index contributed by atoms with van der Waals surface area (Å²) in [6.07, 6.45) is -2.37. The Morgan fingerprint density at radius 1 is 1.31 bits per heavy atom. The van der Waals surface area contributed by atoms with Crippen molar-refractivity contribution in [2.45, 2.75) is 25.6 Å². The summed E-state index contributed by atoms with van der Waals surface area (Å²) < 4.78 is 37.8. The zero-order chi connectivity index (χ0) is 11.8. The first-order chi connectivity index (χ1) is 7.52. The van der Waals surface area contributed by atoms with Crippen molar-refractivity contribution < 1.29 is 13.2 Å². The molecule has 0 spiro atoms. The van der Waals surface area contributed by atoms with Crippen molar-refractivity contribution in [1.29, 1.82) is 0 Å². The van der Waals surface area contributed by atoms with E-state index in [1.54, 1.807) is 0 Å². The number of aromatic nitrogens is 1. The van der Waals surface area contributed by atoms with E-state index in [1.807, 2.05) is 4.90 Å². The third-order valence-corrected chi connectivity index (χ3v) is 3.66. The van der Waals surface area contributed by atoms with Gasteiger partial charge in [-0.1, -0.05) is 11.3 Å². The van der Waals surface area contributed by atoms with Crippen molar-refractivity contribution in [1.82, 2.24) is 4.98 Å². The lowest BCUT2D eigenvalue weighted by Crippen LogP contribution is -2.18. The second-order valence-corrected chi connectivity index (χ2v) is 4.73. The van der Waals surface area contributed by atoms with Gasteiger partial charge in [0, 0.05) is 19.6 Å². The lowest BCUT2D eigenvalue weighted by Gasteiger charge is -2.12. The SMILES string of the molecule is NCc1sc(N2CCCC2)nc1C(F)(F)F. The highest BCUT2D eigenvalue weighted by atomic mass is 32.1. The molecule has 90 valence electrons. The number of alkyl halides is 3. The highest BCUT2D eigenvalue weighted by Gasteiger charge is 2.37. The molecule has 0 saturated carbocycles. The maximum atomic E-state index is 12.6. The Morgan fingerprint density at radius 3 is 2.38 bits per heavy atom. The molecule has 0 bridgehead atoms. The highest BCUT2D eigenvalue weighted by Crippen LogP contribution is 2.37. The summed E-state index contributed by atoms with van der Waals surface area (Å²) in [5.41, 5.74) is 4.49. The molecule has 1 aliphatic heterocycles. The van der Waals surface area contributed by atoms with Crippen molar-refractivity contribution in [3.8, 4) is 0 Å². The fraction of sp³-hybridized carbons (Fsp3) is 0.667. The molecular weight excluding hydrogens is 239 g/mol. The monoisotopic (exact) mass is 251 g/mol. The molecular formula is C9H12F3N3S. The fourth-order valence-electron chi connectivity index (χ4n) is 1.74. The van der Waals surface area contributed by atoms with Crippen LogP contribution in [0.15, 0.2) is 0 Å². The quantitative estimate of drug-likeness (QED) is 0.876. The smallest absolute Gasteiger partial charge is 0.348 e. The van der Waals surface area contributed by atoms with Gasteiger partial charge >= 0.3 is 6.18 Å². The molecule has 0 aliphatic carbocycles. The second-order valence-electron chi connectivity index (χ2n) is 3.66. The summed E-state index contributed by atoms with van der Waals surface area (Å²) in [5.74, 6) is 0. The van der Waals surface area contributed by atoms with Crippen LogP contribution in [0, 0.1) is 0 Å². The minimum Gasteiger partial charge on any atom is -0.348 e. The summed E-state index contributed by atoms with van der Waals surface area (Å²) in [5, 5.41) is 0.449. The first kappa shape index (κ1) is 11.7. The largest absolute Gasteiger partial charge is 0.434 e. The lowest BCUT2D eigenvalue weighted by atomic mass is 10.3. The number of rotatable bonds is 2. The maximum Gasteiger partial charge on any atom is 0.434 e. The molecule has 1 fully saturated rings. The van der Waals surface area contributed by atoms with Crippen LogP contribution in [0.5, 0.6) is 0 Å². The number of thiazole rings is 1. The Hall–Kier alpha value is -0.820. The standard InChI is InChI=1S/C9H12F3N3S/c10-9(11,12)7-6(5-13)16-8(14-7)15-3-1-2-4-15/h1-5,13H2. The summed E-state index contributed by atoms with van der Waals surface area (Å²) in [6, 6.07) is 0. The number of anilines is 1. The minimum absolute atomic E-state index is 0.111. The summed E-state index contributed by atoms with van der Waals surface area (Å²) >= 11 is 1.05. The normalized spacial score (nSPS) is 17.1. The summed E-state index contributed by atoms with van der Waals surface area (Å²) in [4.78, 5) is 5.68. The predicted molar refractivity (Wildman–Crippen MR) is 56.5 cm³/mol. The lowest BCUT2D eigenvalue weighted by molar-refractivity contribution is -0.141. The van der Waals surface area contributed by atoms with Crippen molar-refractivity contribution in [3.05, 3.63) is 10.6 Å². The van der Waals surface area contributed by atoms with Gasteiger partial charge in [-0.2, -0.15) is 13.2 Å². The molecule has 1 saturated heterocycles. The number of nitrogens with two attached hydrogens (primary N) is 1. The minimum atomic E-state index is -4.40. The topological polar surface area (TPSA) is 42.1 Å². The van der Waals surface area contributed by atoms with Crippen molar-refractivity contribution in [2.24, 2.45) is 5.73 Å². The van der Waals surface area contributed by atoms with Crippen LogP contribution in [-0.2, 0) is 12.7 Å². The van der Waals surface area contributed by atoms with E-state index in [4.69, 9.17) is 5.73 Å². The van der Waals surface area contributed by atoms with E-state index in [1.165, 1.54) is 0 Å². The molecule has 3 nitrogen and oxygen atoms in total. The van der Waals surface area contributed by atoms with Gasteiger partial charge in [-0.15, -0.1) is 0 Å². The van der Waals surface area contributed by atoms with E-state index in [9.17, 15) is 13.2 Å². The molecule has 0 atom stereocenters. The number of halogens is 3. The van der Waals surface area contributed by atoms with Gasteiger partial charge < -0.3 is 10.6 Å². The van der Waals surface area contributed by atoms with Gasteiger partial charge in [0.15, 0.2) is 10.8 Å². The van der Waals surface area contributed by atoms with E-state index in [2.05, 4.69) is 4.98 Å². The molecule has 1 aromatic heterocycles. The van der Waals surface area contributed by atoms with Crippen LogP contribution < -0.4 is 10.6 Å². The van der Waals surface area contributed by atoms with Crippen LogP contribution in [0.3, 0.4) is 0 Å². The molecule has 0 radical (unpaired) electrons. The molecule has 2 heterocycles. The van der Waals surface area contributed by atoms with Gasteiger partial charge in [-0.3, -0.25) is 0 Å². The number of hydrogen-bond acceptors (Lipinski definition) is 4.